The van der Waals surface area contributed by atoms with Gasteiger partial charge in [-0.3, -0.25) is 4.99 Å². The quantitative estimate of drug-likeness (QED) is 0.203. The molecule has 0 saturated carbocycles. The lowest BCUT2D eigenvalue weighted by atomic mass is 10.1. The van der Waals surface area contributed by atoms with E-state index in [0.717, 1.165) is 56.4 Å². The Balaban J connectivity index is 0.00000576. The van der Waals surface area contributed by atoms with Crippen LogP contribution in [0.2, 0.25) is 0 Å². The predicted octanol–water partition coefficient (Wildman–Crippen LogP) is 2.72. The van der Waals surface area contributed by atoms with E-state index in [-0.39, 0.29) is 24.0 Å². The van der Waals surface area contributed by atoms with Crippen molar-refractivity contribution in [2.75, 3.05) is 40.0 Å². The first-order valence-electron chi connectivity index (χ1n) is 8.63. The van der Waals surface area contributed by atoms with Gasteiger partial charge in [-0.2, -0.15) is 0 Å². The van der Waals surface area contributed by atoms with E-state index in [1.807, 2.05) is 38.1 Å². The minimum atomic E-state index is -0.659. The third-order valence-corrected chi connectivity index (χ3v) is 3.46. The molecule has 3 N–H and O–H groups in total. The number of halogens is 1. The molecule has 1 unspecified atom stereocenters. The van der Waals surface area contributed by atoms with Crippen molar-refractivity contribution in [3.8, 4) is 5.75 Å². The van der Waals surface area contributed by atoms with Crippen LogP contribution in [-0.4, -0.2) is 51.0 Å². The summed E-state index contributed by atoms with van der Waals surface area (Å²) in [6, 6.07) is 7.42. The van der Waals surface area contributed by atoms with Crippen LogP contribution < -0.4 is 15.4 Å². The first-order chi connectivity index (χ1) is 11.7. The Morgan fingerprint density at radius 3 is 2.72 bits per heavy atom. The van der Waals surface area contributed by atoms with Crippen LogP contribution in [0.4, 0.5) is 0 Å². The highest BCUT2D eigenvalue weighted by molar-refractivity contribution is 14.0. The summed E-state index contributed by atoms with van der Waals surface area (Å²) in [5.74, 6) is 1.45. The number of unbranched alkanes of at least 4 members (excludes halogenated alkanes) is 1. The van der Waals surface area contributed by atoms with E-state index in [0.29, 0.717) is 6.54 Å². The molecule has 0 fully saturated rings. The van der Waals surface area contributed by atoms with E-state index in [1.165, 1.54) is 0 Å². The van der Waals surface area contributed by atoms with Crippen LogP contribution >= 0.6 is 24.0 Å². The molecule has 0 aliphatic rings. The lowest BCUT2D eigenvalue weighted by molar-refractivity contribution is 0.143. The SMILES string of the molecule is CCNC(=NCC(O)c1cccc(OC)c1)NCCCCOCC.I. The third kappa shape index (κ3) is 10.5. The number of benzene rings is 1. The van der Waals surface area contributed by atoms with Gasteiger partial charge in [0.05, 0.1) is 19.8 Å². The van der Waals surface area contributed by atoms with Gasteiger partial charge >= 0.3 is 0 Å². The van der Waals surface area contributed by atoms with E-state index in [4.69, 9.17) is 9.47 Å². The topological polar surface area (TPSA) is 75.1 Å². The zero-order chi connectivity index (χ0) is 17.6. The van der Waals surface area contributed by atoms with Gasteiger partial charge in [-0.15, -0.1) is 24.0 Å². The van der Waals surface area contributed by atoms with Crippen LogP contribution in [-0.2, 0) is 4.74 Å². The number of hydrogen-bond acceptors (Lipinski definition) is 4. The van der Waals surface area contributed by atoms with Crippen molar-refractivity contribution in [2.24, 2.45) is 4.99 Å². The first kappa shape index (κ1) is 23.9. The fourth-order valence-corrected chi connectivity index (χ4v) is 2.15. The fraction of sp³-hybridized carbons (Fsp3) is 0.611. The maximum Gasteiger partial charge on any atom is 0.191 e. The zero-order valence-corrected chi connectivity index (χ0v) is 17.8. The molecule has 0 aromatic heterocycles. The Morgan fingerprint density at radius 2 is 2.04 bits per heavy atom. The number of nitrogens with zero attached hydrogens (tertiary/aromatic N) is 1. The number of ether oxygens (including phenoxy) is 2. The smallest absolute Gasteiger partial charge is 0.191 e. The molecule has 7 heteroatoms. The second-order valence-electron chi connectivity index (χ2n) is 5.34. The predicted molar refractivity (Wildman–Crippen MR) is 113 cm³/mol. The molecule has 1 rings (SSSR count). The second kappa shape index (κ2) is 15.2. The Bertz CT molecular complexity index is 486. The molecule has 25 heavy (non-hydrogen) atoms. The summed E-state index contributed by atoms with van der Waals surface area (Å²) in [4.78, 5) is 4.45. The Labute approximate surface area is 168 Å². The van der Waals surface area contributed by atoms with E-state index in [2.05, 4.69) is 15.6 Å². The second-order valence-corrected chi connectivity index (χ2v) is 5.34. The summed E-state index contributed by atoms with van der Waals surface area (Å²) in [5, 5.41) is 16.8. The van der Waals surface area contributed by atoms with Crippen LogP contribution in [0, 0.1) is 0 Å². The van der Waals surface area contributed by atoms with Crippen molar-refractivity contribution in [2.45, 2.75) is 32.8 Å². The molecule has 0 spiro atoms. The van der Waals surface area contributed by atoms with Gasteiger partial charge < -0.3 is 25.2 Å². The molecule has 0 aliphatic heterocycles. The number of guanidine groups is 1. The van der Waals surface area contributed by atoms with Gasteiger partial charge in [0.25, 0.3) is 0 Å². The number of aliphatic hydroxyl groups is 1. The van der Waals surface area contributed by atoms with Gasteiger partial charge in [-0.25, -0.2) is 0 Å². The summed E-state index contributed by atoms with van der Waals surface area (Å²) in [6.07, 6.45) is 1.38. The normalized spacial score (nSPS) is 12.2. The molecule has 6 nitrogen and oxygen atoms in total. The van der Waals surface area contributed by atoms with Crippen molar-refractivity contribution in [1.82, 2.24) is 10.6 Å². The fourth-order valence-electron chi connectivity index (χ4n) is 2.15. The van der Waals surface area contributed by atoms with Crippen molar-refractivity contribution in [1.29, 1.82) is 0 Å². The number of hydrogen-bond donors (Lipinski definition) is 3. The average Bonchev–Trinajstić information content (AvgIpc) is 2.62. The van der Waals surface area contributed by atoms with Gasteiger partial charge in [-0.1, -0.05) is 12.1 Å². The van der Waals surface area contributed by atoms with E-state index >= 15 is 0 Å². The van der Waals surface area contributed by atoms with Crippen molar-refractivity contribution >= 4 is 29.9 Å². The maximum absolute atomic E-state index is 10.3. The molecule has 0 heterocycles. The first-order valence-corrected chi connectivity index (χ1v) is 8.63. The molecule has 1 aromatic carbocycles. The lowest BCUT2D eigenvalue weighted by Gasteiger charge is -2.14. The molecule has 144 valence electrons. The largest absolute Gasteiger partial charge is 0.497 e. The highest BCUT2D eigenvalue weighted by Gasteiger charge is 2.08. The molecular formula is C18H32IN3O3. The van der Waals surface area contributed by atoms with E-state index in [1.54, 1.807) is 7.11 Å². The van der Waals surface area contributed by atoms with Crippen LogP contribution in [0.1, 0.15) is 38.4 Å². The number of aliphatic imine (C=N–C) groups is 1. The molecule has 0 radical (unpaired) electrons. The minimum Gasteiger partial charge on any atom is -0.497 e. The van der Waals surface area contributed by atoms with Crippen LogP contribution in [0.5, 0.6) is 5.75 Å². The van der Waals surface area contributed by atoms with Crippen molar-refractivity contribution in [3.05, 3.63) is 29.8 Å². The van der Waals surface area contributed by atoms with Gasteiger partial charge in [0.15, 0.2) is 5.96 Å². The number of nitrogens with one attached hydrogen (secondary N) is 2. The molecule has 1 aromatic rings. The van der Waals surface area contributed by atoms with Gasteiger partial charge in [-0.05, 0) is 44.4 Å². The summed E-state index contributed by atoms with van der Waals surface area (Å²) < 4.78 is 10.5. The van der Waals surface area contributed by atoms with Crippen LogP contribution in [0.3, 0.4) is 0 Å². The molecule has 0 amide bonds. The average molecular weight is 465 g/mol. The molecule has 1 atom stereocenters. The minimum absolute atomic E-state index is 0. The van der Waals surface area contributed by atoms with Crippen molar-refractivity contribution < 1.29 is 14.6 Å². The van der Waals surface area contributed by atoms with E-state index < -0.39 is 6.10 Å². The van der Waals surface area contributed by atoms with Gasteiger partial charge in [0, 0.05) is 26.3 Å². The Morgan fingerprint density at radius 1 is 1.24 bits per heavy atom. The molecule has 0 saturated heterocycles. The summed E-state index contributed by atoms with van der Waals surface area (Å²) in [5.41, 5.74) is 0.797. The summed E-state index contributed by atoms with van der Waals surface area (Å²) in [7, 11) is 1.61. The van der Waals surface area contributed by atoms with Crippen LogP contribution in [0.15, 0.2) is 29.3 Å². The third-order valence-electron chi connectivity index (χ3n) is 3.46. The molecule has 0 aliphatic carbocycles. The molecular weight excluding hydrogens is 433 g/mol. The Kier molecular flexibility index (Phi) is 14.6. The highest BCUT2D eigenvalue weighted by Crippen LogP contribution is 2.19. The number of rotatable bonds is 11. The monoisotopic (exact) mass is 465 g/mol. The van der Waals surface area contributed by atoms with E-state index in [9.17, 15) is 5.11 Å². The van der Waals surface area contributed by atoms with Crippen LogP contribution in [0.25, 0.3) is 0 Å². The van der Waals surface area contributed by atoms with Gasteiger partial charge in [0.1, 0.15) is 5.75 Å². The standard InChI is InChI=1S/C18H31N3O3.HI/c1-4-19-18(20-11-6-7-12-24-5-2)21-14-17(22)15-9-8-10-16(13-15)23-3;/h8-10,13,17,22H,4-7,11-12,14H2,1-3H3,(H2,19,20,21);1H. The zero-order valence-electron chi connectivity index (χ0n) is 15.5. The molecule has 0 bridgehead atoms. The van der Waals surface area contributed by atoms with Crippen molar-refractivity contribution in [3.63, 3.8) is 0 Å². The number of aliphatic hydroxyl groups excluding tert-OH is 1. The van der Waals surface area contributed by atoms with Gasteiger partial charge in [0.2, 0.25) is 0 Å². The highest BCUT2D eigenvalue weighted by atomic mass is 127. The Hall–Kier alpha value is -1.06. The maximum atomic E-state index is 10.3. The summed E-state index contributed by atoms with van der Waals surface area (Å²) in [6.45, 7) is 7.47. The summed E-state index contributed by atoms with van der Waals surface area (Å²) >= 11 is 0. The number of methoxy groups -OCH3 is 1. The lowest BCUT2D eigenvalue weighted by Crippen LogP contribution is -2.38.